The van der Waals surface area contributed by atoms with Gasteiger partial charge in [-0.2, -0.15) is 0 Å². The first-order valence-corrected chi connectivity index (χ1v) is 7.15. The standard InChI is InChI=1S/C15H26O4/c1-13(2,18)11(16)5-6-14(3)9-7-10(14)15(4,19)12(17)8-9/h9-11,16,18-19H,5-8H2,1-4H3/t9-,10-,11-,14-,15-/m1/s1. The van der Waals surface area contributed by atoms with Crippen molar-refractivity contribution in [1.82, 2.24) is 0 Å². The number of carbonyl (C=O) groups excluding carboxylic acids is 1. The van der Waals surface area contributed by atoms with E-state index < -0.39 is 17.3 Å². The molecule has 0 spiro atoms. The number of rotatable bonds is 4. The molecule has 0 radical (unpaired) electrons. The third kappa shape index (κ3) is 2.24. The second-order valence-electron chi connectivity index (χ2n) is 7.47. The Hall–Kier alpha value is -0.450. The van der Waals surface area contributed by atoms with Crippen LogP contribution in [0, 0.1) is 17.3 Å². The molecule has 5 atom stereocenters. The molecule has 0 aliphatic heterocycles. The van der Waals surface area contributed by atoms with Gasteiger partial charge in [-0.25, -0.2) is 0 Å². The minimum atomic E-state index is -1.22. The van der Waals surface area contributed by atoms with Crippen LogP contribution in [0.3, 0.4) is 0 Å². The number of Topliss-reactive ketones (excluding diaryl/α,β-unsaturated/α-hetero) is 1. The van der Waals surface area contributed by atoms with Crippen LogP contribution in [0.1, 0.15) is 53.4 Å². The lowest BCUT2D eigenvalue weighted by molar-refractivity contribution is -0.205. The molecular formula is C15H26O4. The predicted octanol–water partition coefficient (Wildman–Crippen LogP) is 1.26. The van der Waals surface area contributed by atoms with Crippen LogP contribution in [-0.2, 0) is 4.79 Å². The van der Waals surface area contributed by atoms with Gasteiger partial charge in [-0.3, -0.25) is 4.79 Å². The third-order valence-electron chi connectivity index (χ3n) is 5.70. The third-order valence-corrected chi connectivity index (χ3v) is 5.70. The molecule has 2 bridgehead atoms. The molecule has 19 heavy (non-hydrogen) atoms. The maximum atomic E-state index is 11.8. The van der Waals surface area contributed by atoms with Crippen molar-refractivity contribution in [2.24, 2.45) is 17.3 Å². The van der Waals surface area contributed by atoms with Gasteiger partial charge < -0.3 is 15.3 Å². The van der Waals surface area contributed by atoms with E-state index in [4.69, 9.17) is 0 Å². The molecule has 0 saturated heterocycles. The van der Waals surface area contributed by atoms with Crippen molar-refractivity contribution in [3.63, 3.8) is 0 Å². The summed E-state index contributed by atoms with van der Waals surface area (Å²) in [6, 6.07) is 0. The molecule has 0 unspecified atom stereocenters. The zero-order valence-corrected chi connectivity index (χ0v) is 12.3. The van der Waals surface area contributed by atoms with Crippen LogP contribution in [0.2, 0.25) is 0 Å². The van der Waals surface area contributed by atoms with Crippen LogP contribution >= 0.6 is 0 Å². The summed E-state index contributed by atoms with van der Waals surface area (Å²) in [5.41, 5.74) is -2.42. The van der Waals surface area contributed by atoms with Gasteiger partial charge >= 0.3 is 0 Å². The molecule has 0 aromatic rings. The quantitative estimate of drug-likeness (QED) is 0.719. The van der Waals surface area contributed by atoms with E-state index in [-0.39, 0.29) is 17.1 Å². The summed E-state index contributed by atoms with van der Waals surface area (Å²) in [6.07, 6.45) is 1.80. The molecule has 3 aliphatic carbocycles. The van der Waals surface area contributed by atoms with Crippen molar-refractivity contribution in [1.29, 1.82) is 0 Å². The molecular weight excluding hydrogens is 244 g/mol. The number of aliphatic hydroxyl groups excluding tert-OH is 1. The maximum Gasteiger partial charge on any atom is 0.164 e. The number of fused-ring (bicyclic) bond motifs is 2. The summed E-state index contributed by atoms with van der Waals surface area (Å²) in [5, 5.41) is 30.1. The Kier molecular flexibility index (Phi) is 3.36. The van der Waals surface area contributed by atoms with E-state index in [2.05, 4.69) is 6.92 Å². The zero-order valence-electron chi connectivity index (χ0n) is 12.3. The number of hydrogen-bond donors (Lipinski definition) is 3. The number of ketones is 1. The summed E-state index contributed by atoms with van der Waals surface area (Å²) in [4.78, 5) is 11.8. The minimum absolute atomic E-state index is 0.0137. The monoisotopic (exact) mass is 270 g/mol. The van der Waals surface area contributed by atoms with Gasteiger partial charge in [0.1, 0.15) is 5.60 Å². The summed E-state index contributed by atoms with van der Waals surface area (Å²) < 4.78 is 0. The van der Waals surface area contributed by atoms with Crippen LogP contribution in [-0.4, -0.2) is 38.4 Å². The first-order chi connectivity index (χ1) is 8.49. The number of hydrogen-bond acceptors (Lipinski definition) is 4. The summed E-state index contributed by atoms with van der Waals surface area (Å²) in [7, 11) is 0. The van der Waals surface area contributed by atoms with Crippen molar-refractivity contribution in [2.45, 2.75) is 70.7 Å². The Morgan fingerprint density at radius 3 is 2.47 bits per heavy atom. The molecule has 3 fully saturated rings. The van der Waals surface area contributed by atoms with E-state index in [0.29, 0.717) is 18.8 Å². The van der Waals surface area contributed by atoms with E-state index in [9.17, 15) is 20.1 Å². The Labute approximate surface area is 114 Å². The van der Waals surface area contributed by atoms with Gasteiger partial charge in [0.15, 0.2) is 5.78 Å². The Morgan fingerprint density at radius 2 is 2.00 bits per heavy atom. The Bertz CT molecular complexity index is 382. The first-order valence-electron chi connectivity index (χ1n) is 7.15. The highest BCUT2D eigenvalue weighted by Crippen LogP contribution is 2.63. The summed E-state index contributed by atoms with van der Waals surface area (Å²) >= 11 is 0. The highest BCUT2D eigenvalue weighted by molar-refractivity contribution is 5.89. The number of aliphatic hydroxyl groups is 3. The van der Waals surface area contributed by atoms with Gasteiger partial charge in [0, 0.05) is 12.3 Å². The second kappa shape index (κ2) is 4.27. The topological polar surface area (TPSA) is 77.8 Å². The van der Waals surface area contributed by atoms with Crippen LogP contribution < -0.4 is 0 Å². The van der Waals surface area contributed by atoms with Crippen LogP contribution in [0.15, 0.2) is 0 Å². The highest BCUT2D eigenvalue weighted by atomic mass is 16.3. The lowest BCUT2D eigenvalue weighted by Gasteiger charge is -2.63. The van der Waals surface area contributed by atoms with E-state index in [1.807, 2.05) is 0 Å². The van der Waals surface area contributed by atoms with Gasteiger partial charge in [0.2, 0.25) is 0 Å². The van der Waals surface area contributed by atoms with Crippen molar-refractivity contribution in [3.8, 4) is 0 Å². The summed E-state index contributed by atoms with van der Waals surface area (Å²) in [5.74, 6) is 0.258. The largest absolute Gasteiger partial charge is 0.390 e. The lowest BCUT2D eigenvalue weighted by Crippen LogP contribution is -2.66. The average Bonchev–Trinajstić information content (AvgIpc) is 2.26. The van der Waals surface area contributed by atoms with Gasteiger partial charge in [-0.05, 0) is 51.4 Å². The molecule has 3 saturated carbocycles. The van der Waals surface area contributed by atoms with Crippen LogP contribution in [0.25, 0.3) is 0 Å². The van der Waals surface area contributed by atoms with Crippen molar-refractivity contribution in [3.05, 3.63) is 0 Å². The molecule has 4 heteroatoms. The molecule has 0 heterocycles. The summed E-state index contributed by atoms with van der Waals surface area (Å²) in [6.45, 7) is 6.92. The highest BCUT2D eigenvalue weighted by Gasteiger charge is 2.64. The molecule has 0 amide bonds. The molecule has 0 aromatic carbocycles. The van der Waals surface area contributed by atoms with Gasteiger partial charge in [0.05, 0.1) is 11.7 Å². The normalized spacial score (nSPS) is 43.8. The fourth-order valence-corrected chi connectivity index (χ4v) is 3.94. The zero-order chi connectivity index (χ0) is 14.6. The van der Waals surface area contributed by atoms with Crippen LogP contribution in [0.4, 0.5) is 0 Å². The Balaban J connectivity index is 2.04. The molecule has 3 aliphatic rings. The van der Waals surface area contributed by atoms with Crippen LogP contribution in [0.5, 0.6) is 0 Å². The van der Waals surface area contributed by atoms with Gasteiger partial charge in [-0.1, -0.05) is 6.92 Å². The Morgan fingerprint density at radius 1 is 1.42 bits per heavy atom. The maximum absolute atomic E-state index is 11.8. The predicted molar refractivity (Wildman–Crippen MR) is 71.5 cm³/mol. The second-order valence-corrected chi connectivity index (χ2v) is 7.47. The van der Waals surface area contributed by atoms with E-state index in [1.165, 1.54) is 0 Å². The number of carbonyl (C=O) groups is 1. The van der Waals surface area contributed by atoms with E-state index in [1.54, 1.807) is 20.8 Å². The SMILES string of the molecule is CC(C)(O)[C@H](O)CC[C@]1(C)[C@H]2CC(=O)[C@](C)(O)[C@@H]1C2. The molecule has 0 aromatic heterocycles. The van der Waals surface area contributed by atoms with Crippen molar-refractivity contribution in [2.75, 3.05) is 0 Å². The minimum Gasteiger partial charge on any atom is -0.390 e. The first kappa shape index (κ1) is 14.9. The fraction of sp³-hybridized carbons (Fsp3) is 0.933. The van der Waals surface area contributed by atoms with E-state index in [0.717, 1.165) is 12.8 Å². The molecule has 3 N–H and O–H groups in total. The van der Waals surface area contributed by atoms with Crippen molar-refractivity contribution < 1.29 is 20.1 Å². The molecule has 110 valence electrons. The van der Waals surface area contributed by atoms with Gasteiger partial charge in [-0.15, -0.1) is 0 Å². The fourth-order valence-electron chi connectivity index (χ4n) is 3.94. The average molecular weight is 270 g/mol. The smallest absolute Gasteiger partial charge is 0.164 e. The lowest BCUT2D eigenvalue weighted by atomic mass is 9.42. The van der Waals surface area contributed by atoms with E-state index >= 15 is 0 Å². The van der Waals surface area contributed by atoms with Gasteiger partial charge in [0.25, 0.3) is 0 Å². The molecule has 3 rings (SSSR count). The van der Waals surface area contributed by atoms with Crippen molar-refractivity contribution >= 4 is 5.78 Å². The molecule has 4 nitrogen and oxygen atoms in total.